The summed E-state index contributed by atoms with van der Waals surface area (Å²) in [4.78, 5) is 31.4. The fourth-order valence-corrected chi connectivity index (χ4v) is 4.84. The molecule has 1 aliphatic carbocycles. The molecule has 2 aliphatic rings. The minimum atomic E-state index is -0.294. The average Bonchev–Trinajstić information content (AvgIpc) is 3.37. The third kappa shape index (κ3) is 5.73. The maximum Gasteiger partial charge on any atom is 0.322 e. The zero-order valence-electron chi connectivity index (χ0n) is 20.1. The molecule has 3 aromatic rings. The van der Waals surface area contributed by atoms with Crippen LogP contribution in [0, 0.1) is 0 Å². The van der Waals surface area contributed by atoms with Crippen LogP contribution in [0.15, 0.2) is 60.0 Å². The van der Waals surface area contributed by atoms with Crippen molar-refractivity contribution in [3.05, 3.63) is 70.4 Å². The standard InChI is InChI=1S/C27H29N3O5S/c1-2-33-23-8-4-3-7-22(23)28-27(32)30(20-10-11-20)17-26(31)29(16-21-6-5-13-36-21)15-19-9-12-24-25(14-19)35-18-34-24/h3-9,12-14,20H,2,10-11,15-18H2,1H3,(H,28,32). The second kappa shape index (κ2) is 10.9. The minimum absolute atomic E-state index is 0.00320. The summed E-state index contributed by atoms with van der Waals surface area (Å²) in [7, 11) is 0. The molecule has 0 atom stereocenters. The molecular formula is C27H29N3O5S. The lowest BCUT2D eigenvalue weighted by Gasteiger charge is -2.28. The van der Waals surface area contributed by atoms with Crippen molar-refractivity contribution in [1.29, 1.82) is 0 Å². The number of amides is 3. The molecule has 2 aromatic carbocycles. The molecule has 1 N–H and O–H groups in total. The lowest BCUT2D eigenvalue weighted by Crippen LogP contribution is -2.45. The lowest BCUT2D eigenvalue weighted by atomic mass is 10.2. The van der Waals surface area contributed by atoms with Crippen LogP contribution >= 0.6 is 11.3 Å². The first-order chi connectivity index (χ1) is 17.6. The third-order valence-electron chi connectivity index (χ3n) is 6.07. The largest absolute Gasteiger partial charge is 0.492 e. The molecule has 2 heterocycles. The van der Waals surface area contributed by atoms with Crippen LogP contribution in [0.4, 0.5) is 10.5 Å². The van der Waals surface area contributed by atoms with Crippen LogP contribution < -0.4 is 19.5 Å². The number of nitrogens with one attached hydrogen (secondary N) is 1. The number of hydrogen-bond acceptors (Lipinski definition) is 6. The number of benzene rings is 2. The molecule has 0 spiro atoms. The lowest BCUT2D eigenvalue weighted by molar-refractivity contribution is -0.133. The Morgan fingerprint density at radius 3 is 2.67 bits per heavy atom. The summed E-state index contributed by atoms with van der Waals surface area (Å²) in [6, 6.07) is 16.8. The zero-order valence-corrected chi connectivity index (χ0v) is 21.0. The maximum absolute atomic E-state index is 13.6. The van der Waals surface area contributed by atoms with Gasteiger partial charge in [0.05, 0.1) is 18.8 Å². The van der Waals surface area contributed by atoms with Gasteiger partial charge in [-0.15, -0.1) is 11.3 Å². The Bertz CT molecular complexity index is 1210. The molecule has 188 valence electrons. The molecule has 1 aliphatic heterocycles. The van der Waals surface area contributed by atoms with Gasteiger partial charge in [0, 0.05) is 17.5 Å². The molecule has 1 aromatic heterocycles. The van der Waals surface area contributed by atoms with Crippen molar-refractivity contribution < 1.29 is 23.8 Å². The number of carbonyl (C=O) groups is 2. The maximum atomic E-state index is 13.6. The second-order valence-corrected chi connectivity index (χ2v) is 9.77. The molecule has 0 unspecified atom stereocenters. The first-order valence-corrected chi connectivity index (χ1v) is 13.0. The summed E-state index contributed by atoms with van der Waals surface area (Å²) in [5.74, 6) is 1.89. The SMILES string of the molecule is CCOc1ccccc1NC(=O)N(CC(=O)N(Cc1ccc2c(c1)OCO2)Cc1cccs1)C1CC1. The molecule has 36 heavy (non-hydrogen) atoms. The van der Waals surface area contributed by atoms with Crippen molar-refractivity contribution >= 4 is 29.0 Å². The molecule has 9 heteroatoms. The Labute approximate surface area is 214 Å². The van der Waals surface area contributed by atoms with Crippen molar-refractivity contribution in [3.63, 3.8) is 0 Å². The Morgan fingerprint density at radius 1 is 1.06 bits per heavy atom. The van der Waals surface area contributed by atoms with Gasteiger partial charge in [-0.05, 0) is 61.0 Å². The van der Waals surface area contributed by atoms with Crippen molar-refractivity contribution in [2.24, 2.45) is 0 Å². The summed E-state index contributed by atoms with van der Waals surface area (Å²) in [6.45, 7) is 3.47. The monoisotopic (exact) mass is 507 g/mol. The Morgan fingerprint density at radius 2 is 1.89 bits per heavy atom. The van der Waals surface area contributed by atoms with E-state index in [2.05, 4.69) is 5.32 Å². The predicted octanol–water partition coefficient (Wildman–Crippen LogP) is 5.10. The van der Waals surface area contributed by atoms with Crippen molar-refractivity contribution in [2.75, 3.05) is 25.3 Å². The molecule has 3 amide bonds. The summed E-state index contributed by atoms with van der Waals surface area (Å²) >= 11 is 1.61. The number of fused-ring (bicyclic) bond motifs is 1. The highest BCUT2D eigenvalue weighted by Gasteiger charge is 2.35. The van der Waals surface area contributed by atoms with Gasteiger partial charge in [-0.1, -0.05) is 24.3 Å². The predicted molar refractivity (Wildman–Crippen MR) is 137 cm³/mol. The topological polar surface area (TPSA) is 80.3 Å². The number of carbonyl (C=O) groups excluding carboxylic acids is 2. The first kappa shape index (κ1) is 24.0. The van der Waals surface area contributed by atoms with Gasteiger partial charge in [-0.25, -0.2) is 4.79 Å². The molecule has 8 nitrogen and oxygen atoms in total. The van der Waals surface area contributed by atoms with Crippen molar-refractivity contribution in [3.8, 4) is 17.2 Å². The normalized spacial score (nSPS) is 13.8. The van der Waals surface area contributed by atoms with Gasteiger partial charge in [0.15, 0.2) is 11.5 Å². The molecule has 5 rings (SSSR count). The highest BCUT2D eigenvalue weighted by molar-refractivity contribution is 7.09. The van der Waals surface area contributed by atoms with Gasteiger partial charge >= 0.3 is 6.03 Å². The number of rotatable bonds is 10. The third-order valence-corrected chi connectivity index (χ3v) is 6.93. The van der Waals surface area contributed by atoms with Crippen LogP contribution in [0.3, 0.4) is 0 Å². The second-order valence-electron chi connectivity index (χ2n) is 8.74. The Balaban J connectivity index is 1.31. The van der Waals surface area contributed by atoms with Crippen molar-refractivity contribution in [1.82, 2.24) is 9.80 Å². The number of anilines is 1. The van der Waals surface area contributed by atoms with Crippen LogP contribution in [0.2, 0.25) is 0 Å². The summed E-state index contributed by atoms with van der Waals surface area (Å²) in [5.41, 5.74) is 1.54. The smallest absolute Gasteiger partial charge is 0.322 e. The van der Waals surface area contributed by atoms with Gasteiger partial charge in [0.25, 0.3) is 0 Å². The first-order valence-electron chi connectivity index (χ1n) is 12.1. The Hall–Kier alpha value is -3.72. The zero-order chi connectivity index (χ0) is 24.9. The van der Waals surface area contributed by atoms with E-state index in [1.807, 2.05) is 60.8 Å². The van der Waals surface area contributed by atoms with Gasteiger partial charge in [-0.3, -0.25) is 4.79 Å². The number of nitrogens with zero attached hydrogens (tertiary/aromatic N) is 2. The number of hydrogen-bond donors (Lipinski definition) is 1. The van der Waals surface area contributed by atoms with E-state index < -0.39 is 0 Å². The van der Waals surface area contributed by atoms with Crippen LogP contribution in [-0.2, 0) is 17.9 Å². The molecule has 1 saturated carbocycles. The molecule has 0 saturated heterocycles. The van der Waals surface area contributed by atoms with Gasteiger partial charge in [0.1, 0.15) is 12.3 Å². The minimum Gasteiger partial charge on any atom is -0.492 e. The van der Waals surface area contributed by atoms with E-state index in [9.17, 15) is 9.59 Å². The van der Waals surface area contributed by atoms with E-state index in [1.165, 1.54) is 0 Å². The van der Waals surface area contributed by atoms with Gasteiger partial charge in [-0.2, -0.15) is 0 Å². The van der Waals surface area contributed by atoms with E-state index in [0.717, 1.165) is 23.3 Å². The van der Waals surface area contributed by atoms with E-state index in [4.69, 9.17) is 14.2 Å². The molecule has 0 radical (unpaired) electrons. The van der Waals surface area contributed by atoms with Crippen LogP contribution in [-0.4, -0.2) is 47.7 Å². The van der Waals surface area contributed by atoms with Crippen molar-refractivity contribution in [2.45, 2.75) is 38.9 Å². The average molecular weight is 508 g/mol. The van der Waals surface area contributed by atoms with Crippen LogP contribution in [0.5, 0.6) is 17.2 Å². The molecular weight excluding hydrogens is 478 g/mol. The van der Waals surface area contributed by atoms with E-state index in [-0.39, 0.29) is 31.3 Å². The molecule has 0 bridgehead atoms. The van der Waals surface area contributed by atoms with E-state index in [0.29, 0.717) is 42.6 Å². The fraction of sp³-hybridized carbons (Fsp3) is 0.333. The van der Waals surface area contributed by atoms with Crippen LogP contribution in [0.25, 0.3) is 0 Å². The van der Waals surface area contributed by atoms with Crippen LogP contribution in [0.1, 0.15) is 30.2 Å². The highest BCUT2D eigenvalue weighted by atomic mass is 32.1. The summed E-state index contributed by atoms with van der Waals surface area (Å²) in [6.07, 6.45) is 1.78. The molecule has 1 fully saturated rings. The number of urea groups is 1. The fourth-order valence-electron chi connectivity index (χ4n) is 4.12. The number of ether oxygens (including phenoxy) is 3. The summed E-state index contributed by atoms with van der Waals surface area (Å²) < 4.78 is 16.6. The van der Waals surface area contributed by atoms with E-state index in [1.54, 1.807) is 27.2 Å². The summed E-state index contributed by atoms with van der Waals surface area (Å²) in [5, 5.41) is 4.95. The quantitative estimate of drug-likeness (QED) is 0.413. The highest BCUT2D eigenvalue weighted by Crippen LogP contribution is 2.33. The number of para-hydroxylation sites is 2. The number of thiophene rings is 1. The Kier molecular flexibility index (Phi) is 7.27. The van der Waals surface area contributed by atoms with E-state index >= 15 is 0 Å². The van der Waals surface area contributed by atoms with Gasteiger partial charge < -0.3 is 29.3 Å². The van der Waals surface area contributed by atoms with Gasteiger partial charge in [0.2, 0.25) is 12.7 Å².